The Balaban J connectivity index is 1.30. The van der Waals surface area contributed by atoms with Crippen molar-refractivity contribution in [3.8, 4) is 11.1 Å². The molecule has 2 amide bonds. The molecule has 0 spiro atoms. The Morgan fingerprint density at radius 3 is 2.33 bits per heavy atom. The lowest BCUT2D eigenvalue weighted by Crippen LogP contribution is -2.48. The Hall–Kier alpha value is -3.39. The highest BCUT2D eigenvalue weighted by Gasteiger charge is 2.36. The summed E-state index contributed by atoms with van der Waals surface area (Å²) in [6, 6.07) is 15.6. The first kappa shape index (κ1) is 22.8. The number of carboxylic acids is 1. The largest absolute Gasteiger partial charge is 0.479 e. The lowest BCUT2D eigenvalue weighted by molar-refractivity contribution is -0.148. The second-order valence-corrected chi connectivity index (χ2v) is 8.35. The Labute approximate surface area is 192 Å². The zero-order valence-corrected chi connectivity index (χ0v) is 18.5. The Morgan fingerprint density at radius 2 is 1.73 bits per heavy atom. The molecule has 1 heterocycles. The van der Waals surface area contributed by atoms with Crippen LogP contribution in [0.2, 0.25) is 0 Å². The van der Waals surface area contributed by atoms with Gasteiger partial charge in [-0.15, -0.1) is 0 Å². The molecule has 2 aromatic carbocycles. The number of hydrogen-bond donors (Lipinski definition) is 3. The quantitative estimate of drug-likeness (QED) is 0.568. The van der Waals surface area contributed by atoms with Crippen LogP contribution in [-0.4, -0.2) is 55.0 Å². The number of rotatable bonds is 8. The molecular weight excluding hydrogens is 424 g/mol. The van der Waals surface area contributed by atoms with Crippen molar-refractivity contribution in [1.82, 2.24) is 10.6 Å². The number of benzene rings is 2. The van der Waals surface area contributed by atoms with Crippen LogP contribution in [0.1, 0.15) is 36.8 Å². The van der Waals surface area contributed by atoms with E-state index in [1.807, 2.05) is 31.2 Å². The second-order valence-electron chi connectivity index (χ2n) is 8.35. The molecule has 1 aliphatic heterocycles. The van der Waals surface area contributed by atoms with Crippen molar-refractivity contribution in [2.75, 3.05) is 19.8 Å². The van der Waals surface area contributed by atoms with Gasteiger partial charge in [-0.3, -0.25) is 4.79 Å². The van der Waals surface area contributed by atoms with Crippen LogP contribution < -0.4 is 10.6 Å². The number of amides is 2. The van der Waals surface area contributed by atoms with Crippen molar-refractivity contribution < 1.29 is 29.0 Å². The van der Waals surface area contributed by atoms with Crippen LogP contribution in [0.25, 0.3) is 11.1 Å². The molecule has 2 aliphatic rings. The second kappa shape index (κ2) is 10.0. The third-order valence-corrected chi connectivity index (χ3v) is 6.36. The zero-order chi connectivity index (χ0) is 23.4. The van der Waals surface area contributed by atoms with Crippen LogP contribution in [-0.2, 0) is 19.1 Å². The number of hydrogen-bond acceptors (Lipinski definition) is 5. The molecule has 1 unspecified atom stereocenters. The van der Waals surface area contributed by atoms with Gasteiger partial charge < -0.3 is 25.2 Å². The lowest BCUT2D eigenvalue weighted by atomic mass is 9.98. The van der Waals surface area contributed by atoms with Crippen LogP contribution >= 0.6 is 0 Å². The van der Waals surface area contributed by atoms with E-state index in [9.17, 15) is 19.5 Å². The highest BCUT2D eigenvalue weighted by atomic mass is 16.5. The Morgan fingerprint density at radius 1 is 1.09 bits per heavy atom. The van der Waals surface area contributed by atoms with Gasteiger partial charge in [0.15, 0.2) is 6.10 Å². The van der Waals surface area contributed by atoms with E-state index in [1.54, 1.807) is 0 Å². The monoisotopic (exact) mass is 452 g/mol. The van der Waals surface area contributed by atoms with Gasteiger partial charge in [0.25, 0.3) is 0 Å². The lowest BCUT2D eigenvalue weighted by Gasteiger charge is -2.21. The molecule has 3 N–H and O–H groups in total. The van der Waals surface area contributed by atoms with Crippen LogP contribution in [0, 0.1) is 5.92 Å². The molecule has 3 atom stereocenters. The van der Waals surface area contributed by atoms with Crippen molar-refractivity contribution in [3.05, 3.63) is 59.7 Å². The first-order valence-corrected chi connectivity index (χ1v) is 11.2. The van der Waals surface area contributed by atoms with E-state index in [1.165, 1.54) is 0 Å². The van der Waals surface area contributed by atoms with Gasteiger partial charge in [0.1, 0.15) is 6.61 Å². The third-order valence-electron chi connectivity index (χ3n) is 6.36. The summed E-state index contributed by atoms with van der Waals surface area (Å²) in [5.74, 6) is -1.94. The van der Waals surface area contributed by atoms with E-state index in [0.29, 0.717) is 12.8 Å². The van der Waals surface area contributed by atoms with Crippen LogP contribution in [0.5, 0.6) is 0 Å². The normalized spacial score (nSPS) is 19.9. The van der Waals surface area contributed by atoms with Crippen LogP contribution in [0.3, 0.4) is 0 Å². The summed E-state index contributed by atoms with van der Waals surface area (Å²) in [6.07, 6.45) is -0.697. The number of carboxylic acid groups (broad SMARTS) is 1. The van der Waals surface area contributed by atoms with Crippen molar-refractivity contribution in [2.24, 2.45) is 5.92 Å². The molecule has 1 aliphatic carbocycles. The minimum Gasteiger partial charge on any atom is -0.479 e. The van der Waals surface area contributed by atoms with Gasteiger partial charge in [-0.1, -0.05) is 55.5 Å². The molecular formula is C25H28N2O6. The average Bonchev–Trinajstić information content (AvgIpc) is 3.41. The molecule has 33 heavy (non-hydrogen) atoms. The minimum atomic E-state index is -1.09. The fraction of sp³-hybridized carbons (Fsp3) is 0.400. The summed E-state index contributed by atoms with van der Waals surface area (Å²) in [4.78, 5) is 36.2. The number of ether oxygens (including phenoxy) is 2. The maximum Gasteiger partial charge on any atom is 0.407 e. The van der Waals surface area contributed by atoms with Gasteiger partial charge in [-0.2, -0.15) is 0 Å². The van der Waals surface area contributed by atoms with Gasteiger partial charge >= 0.3 is 12.1 Å². The molecule has 0 radical (unpaired) electrons. The first-order valence-electron chi connectivity index (χ1n) is 11.2. The number of carbonyl (C=O) groups excluding carboxylic acids is 2. The van der Waals surface area contributed by atoms with E-state index in [-0.39, 0.29) is 31.6 Å². The van der Waals surface area contributed by atoms with Crippen molar-refractivity contribution in [2.45, 2.75) is 37.8 Å². The number of alkyl carbamates (subject to hydrolysis) is 1. The van der Waals surface area contributed by atoms with Gasteiger partial charge in [-0.05, 0) is 35.1 Å². The molecule has 174 valence electrons. The molecule has 2 aromatic rings. The fourth-order valence-corrected chi connectivity index (χ4v) is 4.56. The molecule has 1 saturated heterocycles. The standard InChI is InChI=1S/C25H28N2O6/c1-2-15(23(28)27-21-11-12-32-22(21)24(29)30)13-26-25(31)33-14-20-18-9-5-3-7-16(18)17-8-4-6-10-19(17)20/h3-10,15,20-22H,2,11-14H2,1H3,(H,26,31)(H,27,28)(H,29,30)/t15?,21-,22+/m0/s1. The minimum absolute atomic E-state index is 0.0382. The number of carbonyl (C=O) groups is 3. The molecule has 1 fully saturated rings. The van der Waals surface area contributed by atoms with Crippen LogP contribution in [0.15, 0.2) is 48.5 Å². The van der Waals surface area contributed by atoms with Gasteiger partial charge in [-0.25, -0.2) is 9.59 Å². The fourth-order valence-electron chi connectivity index (χ4n) is 4.56. The smallest absolute Gasteiger partial charge is 0.407 e. The van der Waals surface area contributed by atoms with Crippen molar-refractivity contribution >= 4 is 18.0 Å². The topological polar surface area (TPSA) is 114 Å². The highest BCUT2D eigenvalue weighted by molar-refractivity contribution is 5.82. The van der Waals surface area contributed by atoms with E-state index in [0.717, 1.165) is 22.3 Å². The van der Waals surface area contributed by atoms with Gasteiger partial charge in [0.05, 0.1) is 12.0 Å². The van der Waals surface area contributed by atoms with E-state index < -0.39 is 30.1 Å². The molecule has 4 rings (SSSR count). The Bertz CT molecular complexity index is 994. The zero-order valence-electron chi connectivity index (χ0n) is 18.5. The maximum absolute atomic E-state index is 12.6. The predicted octanol–water partition coefficient (Wildman–Crippen LogP) is 2.91. The van der Waals surface area contributed by atoms with E-state index in [4.69, 9.17) is 9.47 Å². The first-order chi connectivity index (χ1) is 16.0. The van der Waals surface area contributed by atoms with E-state index >= 15 is 0 Å². The molecule has 0 bridgehead atoms. The highest BCUT2D eigenvalue weighted by Crippen LogP contribution is 2.44. The van der Waals surface area contributed by atoms with Gasteiger partial charge in [0, 0.05) is 19.1 Å². The maximum atomic E-state index is 12.6. The van der Waals surface area contributed by atoms with Crippen LogP contribution in [0.4, 0.5) is 4.79 Å². The van der Waals surface area contributed by atoms with Crippen molar-refractivity contribution in [1.29, 1.82) is 0 Å². The summed E-state index contributed by atoms with van der Waals surface area (Å²) in [5.41, 5.74) is 4.56. The summed E-state index contributed by atoms with van der Waals surface area (Å²) in [7, 11) is 0. The molecule has 0 saturated carbocycles. The SMILES string of the molecule is CCC(CNC(=O)OCC1c2ccccc2-c2ccccc21)C(=O)N[C@H]1CCO[C@H]1C(=O)O. The number of fused-ring (bicyclic) bond motifs is 3. The van der Waals surface area contributed by atoms with E-state index in [2.05, 4.69) is 34.9 Å². The Kier molecular flexibility index (Phi) is 6.93. The summed E-state index contributed by atoms with van der Waals surface area (Å²) in [6.45, 7) is 2.42. The summed E-state index contributed by atoms with van der Waals surface area (Å²) >= 11 is 0. The average molecular weight is 453 g/mol. The van der Waals surface area contributed by atoms with Crippen molar-refractivity contribution in [3.63, 3.8) is 0 Å². The van der Waals surface area contributed by atoms with Gasteiger partial charge in [0.2, 0.25) is 5.91 Å². The predicted molar refractivity (Wildman–Crippen MR) is 121 cm³/mol. The number of nitrogens with one attached hydrogen (secondary N) is 2. The summed E-state index contributed by atoms with van der Waals surface area (Å²) < 4.78 is 10.7. The number of aliphatic carboxylic acids is 1. The molecule has 8 heteroatoms. The molecule has 8 nitrogen and oxygen atoms in total. The molecule has 0 aromatic heterocycles. The third kappa shape index (κ3) is 4.85. The summed E-state index contributed by atoms with van der Waals surface area (Å²) in [5, 5.41) is 14.6.